The summed E-state index contributed by atoms with van der Waals surface area (Å²) >= 11 is 0. The molecule has 0 saturated heterocycles. The second-order valence-corrected chi connectivity index (χ2v) is 8.47. The van der Waals surface area contributed by atoms with Gasteiger partial charge < -0.3 is 4.74 Å². The van der Waals surface area contributed by atoms with Gasteiger partial charge in [0.25, 0.3) is 0 Å². The molecule has 0 bridgehead atoms. The van der Waals surface area contributed by atoms with Crippen molar-refractivity contribution in [2.45, 2.75) is 63.6 Å². The Hall–Kier alpha value is -2.65. The van der Waals surface area contributed by atoms with Crippen LogP contribution in [0.15, 0.2) is 49.1 Å². The smallest absolute Gasteiger partial charge is 0.315 e. The van der Waals surface area contributed by atoms with E-state index in [1.807, 2.05) is 18.2 Å². The third-order valence-electron chi connectivity index (χ3n) is 6.15. The first kappa shape index (κ1) is 24.0. The highest BCUT2D eigenvalue weighted by atomic mass is 19.3. The van der Waals surface area contributed by atoms with Crippen molar-refractivity contribution in [3.05, 3.63) is 82.9 Å². The standard InChI is InChI=1S/C26H27F4NO/c1-2-3-4-18-5-9-21(10-6-18)22-11-7-19(8-12-22)17-32-26(29,30)15-20-13-24(27)23(16-31)25(28)14-20/h2,7-8,11-14,18,21H,1,3-6,9-10,15,17H2. The van der Waals surface area contributed by atoms with Crippen molar-refractivity contribution in [3.8, 4) is 6.07 Å². The van der Waals surface area contributed by atoms with Crippen molar-refractivity contribution >= 4 is 0 Å². The summed E-state index contributed by atoms with van der Waals surface area (Å²) in [6, 6.07) is 10.4. The van der Waals surface area contributed by atoms with Crippen LogP contribution in [0.3, 0.4) is 0 Å². The van der Waals surface area contributed by atoms with Crippen molar-refractivity contribution in [1.82, 2.24) is 0 Å². The Bertz CT molecular complexity index is 934. The van der Waals surface area contributed by atoms with E-state index in [2.05, 4.69) is 6.58 Å². The second-order valence-electron chi connectivity index (χ2n) is 8.47. The largest absolute Gasteiger partial charge is 0.360 e. The molecule has 170 valence electrons. The number of hydrogen-bond donors (Lipinski definition) is 0. The summed E-state index contributed by atoms with van der Waals surface area (Å²) in [5, 5.41) is 8.67. The molecule has 0 amide bonds. The number of halogens is 4. The normalized spacial score (nSPS) is 18.8. The number of allylic oxidation sites excluding steroid dienone is 1. The van der Waals surface area contributed by atoms with Crippen molar-refractivity contribution in [1.29, 1.82) is 5.26 Å². The average Bonchev–Trinajstić information content (AvgIpc) is 2.77. The van der Waals surface area contributed by atoms with E-state index in [4.69, 9.17) is 10.00 Å². The molecule has 1 aliphatic carbocycles. The van der Waals surface area contributed by atoms with Gasteiger partial charge in [-0.25, -0.2) is 8.78 Å². The molecule has 1 saturated carbocycles. The van der Waals surface area contributed by atoms with Gasteiger partial charge in [0.15, 0.2) is 0 Å². The summed E-state index contributed by atoms with van der Waals surface area (Å²) in [6.07, 6.45) is 4.30. The molecule has 0 aromatic heterocycles. The van der Waals surface area contributed by atoms with Gasteiger partial charge in [-0.15, -0.1) is 6.58 Å². The summed E-state index contributed by atoms with van der Waals surface area (Å²) in [5.74, 6) is -1.07. The van der Waals surface area contributed by atoms with Gasteiger partial charge in [-0.2, -0.15) is 14.0 Å². The fourth-order valence-corrected chi connectivity index (χ4v) is 4.34. The van der Waals surface area contributed by atoms with Gasteiger partial charge in [0.2, 0.25) is 0 Å². The molecule has 0 unspecified atom stereocenters. The van der Waals surface area contributed by atoms with E-state index in [-0.39, 0.29) is 12.2 Å². The molecule has 2 aromatic carbocycles. The Kier molecular flexibility index (Phi) is 8.09. The molecule has 0 N–H and O–H groups in total. The van der Waals surface area contributed by atoms with Crippen LogP contribution in [0.4, 0.5) is 17.6 Å². The summed E-state index contributed by atoms with van der Waals surface area (Å²) in [7, 11) is 0. The second kappa shape index (κ2) is 10.8. The molecular formula is C26H27F4NO. The van der Waals surface area contributed by atoms with E-state index in [0.29, 0.717) is 11.5 Å². The van der Waals surface area contributed by atoms with Crippen LogP contribution in [-0.4, -0.2) is 6.11 Å². The van der Waals surface area contributed by atoms with E-state index in [1.165, 1.54) is 30.9 Å². The van der Waals surface area contributed by atoms with Crippen LogP contribution in [-0.2, 0) is 17.8 Å². The Morgan fingerprint density at radius 1 is 1.03 bits per heavy atom. The highest BCUT2D eigenvalue weighted by Gasteiger charge is 2.31. The predicted molar refractivity (Wildman–Crippen MR) is 115 cm³/mol. The quantitative estimate of drug-likeness (QED) is 0.297. The summed E-state index contributed by atoms with van der Waals surface area (Å²) in [4.78, 5) is 0. The molecule has 6 heteroatoms. The number of nitriles is 1. The zero-order chi connectivity index (χ0) is 23.1. The van der Waals surface area contributed by atoms with Crippen molar-refractivity contribution < 1.29 is 22.3 Å². The van der Waals surface area contributed by atoms with Gasteiger partial charge in [-0.1, -0.05) is 30.3 Å². The van der Waals surface area contributed by atoms with Crippen LogP contribution < -0.4 is 0 Å². The average molecular weight is 446 g/mol. The molecule has 2 nitrogen and oxygen atoms in total. The molecule has 32 heavy (non-hydrogen) atoms. The van der Waals surface area contributed by atoms with E-state index in [0.717, 1.165) is 37.3 Å². The number of nitrogens with zero attached hydrogens (tertiary/aromatic N) is 1. The zero-order valence-corrected chi connectivity index (χ0v) is 17.9. The lowest BCUT2D eigenvalue weighted by atomic mass is 9.77. The van der Waals surface area contributed by atoms with Crippen LogP contribution in [0.5, 0.6) is 0 Å². The minimum atomic E-state index is -3.60. The Morgan fingerprint density at radius 2 is 1.66 bits per heavy atom. The Balaban J connectivity index is 1.52. The maximum Gasteiger partial charge on any atom is 0.360 e. The first-order chi connectivity index (χ1) is 15.3. The van der Waals surface area contributed by atoms with E-state index in [9.17, 15) is 17.6 Å². The topological polar surface area (TPSA) is 33.0 Å². The monoisotopic (exact) mass is 445 g/mol. The number of alkyl halides is 2. The lowest BCUT2D eigenvalue weighted by Gasteiger charge is -2.28. The third-order valence-corrected chi connectivity index (χ3v) is 6.15. The van der Waals surface area contributed by atoms with Crippen LogP contribution >= 0.6 is 0 Å². The van der Waals surface area contributed by atoms with E-state index < -0.39 is 29.7 Å². The maximum absolute atomic E-state index is 14.2. The predicted octanol–water partition coefficient (Wildman–Crippen LogP) is 7.43. The van der Waals surface area contributed by atoms with Gasteiger partial charge in [0.1, 0.15) is 23.3 Å². The molecular weight excluding hydrogens is 418 g/mol. The highest BCUT2D eigenvalue weighted by Crippen LogP contribution is 2.37. The van der Waals surface area contributed by atoms with Crippen LogP contribution in [0, 0.1) is 28.9 Å². The lowest BCUT2D eigenvalue weighted by Crippen LogP contribution is -2.24. The first-order valence-electron chi connectivity index (χ1n) is 10.9. The van der Waals surface area contributed by atoms with Gasteiger partial charge in [-0.05, 0) is 79.2 Å². The number of benzene rings is 2. The molecule has 0 atom stereocenters. The van der Waals surface area contributed by atoms with Crippen molar-refractivity contribution in [3.63, 3.8) is 0 Å². The van der Waals surface area contributed by atoms with Gasteiger partial charge in [0, 0.05) is 0 Å². The third kappa shape index (κ3) is 6.43. The number of hydrogen-bond acceptors (Lipinski definition) is 2. The summed E-state index contributed by atoms with van der Waals surface area (Å²) < 4.78 is 60.4. The van der Waals surface area contributed by atoms with Gasteiger partial charge in [-0.3, -0.25) is 0 Å². The van der Waals surface area contributed by atoms with E-state index in [1.54, 1.807) is 12.1 Å². The molecule has 3 rings (SSSR count). The van der Waals surface area contributed by atoms with Crippen molar-refractivity contribution in [2.24, 2.45) is 5.92 Å². The minimum absolute atomic E-state index is 0.275. The van der Waals surface area contributed by atoms with Crippen molar-refractivity contribution in [2.75, 3.05) is 0 Å². The SMILES string of the molecule is C=CCCC1CCC(c2ccc(COC(F)(F)Cc3cc(F)c(C#N)c(F)c3)cc2)CC1. The summed E-state index contributed by atoms with van der Waals surface area (Å²) in [6.45, 7) is 3.47. The molecule has 1 aliphatic rings. The minimum Gasteiger partial charge on any atom is -0.315 e. The van der Waals surface area contributed by atoms with Crippen LogP contribution in [0.1, 0.15) is 66.7 Å². The number of rotatable bonds is 9. The molecule has 0 aliphatic heterocycles. The van der Waals surface area contributed by atoms with Gasteiger partial charge >= 0.3 is 6.11 Å². The highest BCUT2D eigenvalue weighted by molar-refractivity contribution is 5.35. The molecule has 1 fully saturated rings. The maximum atomic E-state index is 14.2. The first-order valence-corrected chi connectivity index (χ1v) is 10.9. The molecule has 2 aromatic rings. The molecule has 0 radical (unpaired) electrons. The molecule has 0 heterocycles. The fraction of sp³-hybridized carbons (Fsp3) is 0.423. The number of ether oxygens (including phenoxy) is 1. The summed E-state index contributed by atoms with van der Waals surface area (Å²) in [5.41, 5.74) is 0.753. The zero-order valence-electron chi connectivity index (χ0n) is 17.9. The lowest BCUT2D eigenvalue weighted by molar-refractivity contribution is -0.244. The van der Waals surface area contributed by atoms with Crippen LogP contribution in [0.25, 0.3) is 0 Å². The molecule has 0 spiro atoms. The Labute approximate surface area is 186 Å². The van der Waals surface area contributed by atoms with Crippen LogP contribution in [0.2, 0.25) is 0 Å². The Morgan fingerprint density at radius 3 is 2.22 bits per heavy atom. The van der Waals surface area contributed by atoms with E-state index >= 15 is 0 Å². The van der Waals surface area contributed by atoms with Gasteiger partial charge in [0.05, 0.1) is 13.0 Å². The fourth-order valence-electron chi connectivity index (χ4n) is 4.34.